The maximum absolute atomic E-state index is 11.8. The summed E-state index contributed by atoms with van der Waals surface area (Å²) >= 11 is 4.81. The Hall–Kier alpha value is -1.34. The molecule has 0 radical (unpaired) electrons. The van der Waals surface area contributed by atoms with Crippen LogP contribution in [0.2, 0.25) is 0 Å². The van der Waals surface area contributed by atoms with Gasteiger partial charge < -0.3 is 15.4 Å². The van der Waals surface area contributed by atoms with Gasteiger partial charge in [-0.3, -0.25) is 0 Å². The standard InChI is InChI=1S/C11H11BrN2O3S/c1-5-8(10(15)17-2)9(14-11(16)13-5)7-3-6(12)4-18-7/h3-4,9H,1-2H3,(H2,13,14,16). The fraction of sp³-hybridized carbons (Fsp3) is 0.273. The number of ether oxygens (including phenoxy) is 1. The number of rotatable bonds is 2. The summed E-state index contributed by atoms with van der Waals surface area (Å²) in [6.07, 6.45) is 0. The zero-order chi connectivity index (χ0) is 13.3. The highest BCUT2D eigenvalue weighted by Gasteiger charge is 2.32. The maximum atomic E-state index is 11.8. The van der Waals surface area contributed by atoms with E-state index in [1.165, 1.54) is 18.4 Å². The lowest BCUT2D eigenvalue weighted by Gasteiger charge is -2.26. The third-order valence-corrected chi connectivity index (χ3v) is 4.31. The Kier molecular flexibility index (Phi) is 3.72. The Morgan fingerprint density at radius 3 is 2.83 bits per heavy atom. The van der Waals surface area contributed by atoms with Crippen LogP contribution >= 0.6 is 27.3 Å². The van der Waals surface area contributed by atoms with E-state index < -0.39 is 12.0 Å². The van der Waals surface area contributed by atoms with Gasteiger partial charge in [0.15, 0.2) is 0 Å². The molecule has 5 nitrogen and oxygen atoms in total. The second-order valence-corrected chi connectivity index (χ2v) is 5.59. The van der Waals surface area contributed by atoms with Crippen LogP contribution in [0.3, 0.4) is 0 Å². The van der Waals surface area contributed by atoms with Crippen LogP contribution < -0.4 is 10.6 Å². The average Bonchev–Trinajstić information content (AvgIpc) is 2.74. The minimum absolute atomic E-state index is 0.324. The molecule has 7 heteroatoms. The van der Waals surface area contributed by atoms with E-state index in [9.17, 15) is 9.59 Å². The third kappa shape index (κ3) is 2.41. The zero-order valence-electron chi connectivity index (χ0n) is 9.74. The number of urea groups is 1. The fourth-order valence-electron chi connectivity index (χ4n) is 1.77. The molecule has 2 N–H and O–H groups in total. The monoisotopic (exact) mass is 330 g/mol. The number of halogens is 1. The molecule has 0 saturated heterocycles. The second-order valence-electron chi connectivity index (χ2n) is 3.73. The summed E-state index contributed by atoms with van der Waals surface area (Å²) in [5.41, 5.74) is 0.937. The first-order chi connectivity index (χ1) is 8.52. The van der Waals surface area contributed by atoms with Gasteiger partial charge in [0.2, 0.25) is 0 Å². The quantitative estimate of drug-likeness (QED) is 0.817. The summed E-state index contributed by atoms with van der Waals surface area (Å²) in [5, 5.41) is 7.19. The molecule has 1 atom stereocenters. The van der Waals surface area contributed by atoms with E-state index in [2.05, 4.69) is 26.6 Å². The predicted octanol–water partition coefficient (Wildman–Crippen LogP) is 2.31. The first kappa shape index (κ1) is 13.1. The molecule has 1 unspecified atom stereocenters. The Morgan fingerprint density at radius 2 is 2.28 bits per heavy atom. The largest absolute Gasteiger partial charge is 0.466 e. The van der Waals surface area contributed by atoms with Crippen LogP contribution in [0.25, 0.3) is 0 Å². The van der Waals surface area contributed by atoms with Crippen LogP contribution in [-0.2, 0) is 9.53 Å². The minimum Gasteiger partial charge on any atom is -0.466 e. The highest BCUT2D eigenvalue weighted by molar-refractivity contribution is 9.10. The van der Waals surface area contributed by atoms with Gasteiger partial charge >= 0.3 is 12.0 Å². The summed E-state index contributed by atoms with van der Waals surface area (Å²) < 4.78 is 5.67. The molecule has 0 bridgehead atoms. The Balaban J connectivity index is 2.45. The SMILES string of the molecule is COC(=O)C1=C(C)NC(=O)NC1c1cc(Br)cs1. The van der Waals surface area contributed by atoms with E-state index in [0.717, 1.165) is 9.35 Å². The molecule has 1 aliphatic rings. The van der Waals surface area contributed by atoms with Gasteiger partial charge in [-0.05, 0) is 28.9 Å². The number of methoxy groups -OCH3 is 1. The summed E-state index contributed by atoms with van der Waals surface area (Å²) in [6, 6.07) is 1.08. The van der Waals surface area contributed by atoms with Crippen molar-refractivity contribution in [2.75, 3.05) is 7.11 Å². The van der Waals surface area contributed by atoms with Crippen molar-refractivity contribution in [1.82, 2.24) is 10.6 Å². The van der Waals surface area contributed by atoms with Gasteiger partial charge in [0.1, 0.15) is 0 Å². The number of carbonyl (C=O) groups excluding carboxylic acids is 2. The summed E-state index contributed by atoms with van der Waals surface area (Å²) in [6.45, 7) is 1.68. The van der Waals surface area contributed by atoms with Crippen LogP contribution in [0.1, 0.15) is 17.8 Å². The van der Waals surface area contributed by atoms with Crippen molar-refractivity contribution >= 4 is 39.3 Å². The van der Waals surface area contributed by atoms with Crippen molar-refractivity contribution in [3.05, 3.63) is 32.1 Å². The van der Waals surface area contributed by atoms with Gasteiger partial charge in [-0.25, -0.2) is 9.59 Å². The number of carbonyl (C=O) groups is 2. The van der Waals surface area contributed by atoms with E-state index in [4.69, 9.17) is 4.74 Å². The molecule has 0 fully saturated rings. The van der Waals surface area contributed by atoms with Crippen molar-refractivity contribution in [3.63, 3.8) is 0 Å². The van der Waals surface area contributed by atoms with Crippen LogP contribution in [0, 0.1) is 0 Å². The number of thiophene rings is 1. The molecule has 1 aromatic rings. The molecule has 1 aliphatic heterocycles. The van der Waals surface area contributed by atoms with Crippen molar-refractivity contribution in [3.8, 4) is 0 Å². The van der Waals surface area contributed by atoms with Crippen molar-refractivity contribution in [2.45, 2.75) is 13.0 Å². The molecule has 96 valence electrons. The molecule has 2 amide bonds. The molecule has 1 aromatic heterocycles. The lowest BCUT2D eigenvalue weighted by molar-refractivity contribution is -0.136. The average molecular weight is 331 g/mol. The molecule has 0 aliphatic carbocycles. The number of nitrogens with one attached hydrogen (secondary N) is 2. The molecular weight excluding hydrogens is 320 g/mol. The first-order valence-corrected chi connectivity index (χ1v) is 6.80. The van der Waals surface area contributed by atoms with E-state index >= 15 is 0 Å². The van der Waals surface area contributed by atoms with Gasteiger partial charge in [-0.15, -0.1) is 11.3 Å². The Bertz CT molecular complexity index is 538. The number of hydrogen-bond acceptors (Lipinski definition) is 4. The van der Waals surface area contributed by atoms with Gasteiger partial charge in [0, 0.05) is 20.4 Å². The topological polar surface area (TPSA) is 67.4 Å². The van der Waals surface area contributed by atoms with Gasteiger partial charge in [-0.2, -0.15) is 0 Å². The summed E-state index contributed by atoms with van der Waals surface area (Å²) in [7, 11) is 1.32. The normalized spacial score (nSPS) is 19.3. The zero-order valence-corrected chi connectivity index (χ0v) is 12.1. The van der Waals surface area contributed by atoms with E-state index in [-0.39, 0.29) is 6.03 Å². The molecule has 0 aromatic carbocycles. The molecule has 2 heterocycles. The summed E-state index contributed by atoms with van der Waals surface area (Å²) in [4.78, 5) is 24.2. The van der Waals surface area contributed by atoms with Crippen LogP contribution in [0.15, 0.2) is 27.2 Å². The summed E-state index contributed by atoms with van der Waals surface area (Å²) in [5.74, 6) is -0.450. The second kappa shape index (κ2) is 5.11. The van der Waals surface area contributed by atoms with E-state index in [0.29, 0.717) is 11.3 Å². The van der Waals surface area contributed by atoms with Crippen molar-refractivity contribution < 1.29 is 14.3 Å². The van der Waals surface area contributed by atoms with Crippen LogP contribution in [0.4, 0.5) is 4.79 Å². The fourth-order valence-corrected chi connectivity index (χ4v) is 3.27. The van der Waals surface area contributed by atoms with Crippen molar-refractivity contribution in [1.29, 1.82) is 0 Å². The van der Waals surface area contributed by atoms with Crippen LogP contribution in [-0.4, -0.2) is 19.1 Å². The highest BCUT2D eigenvalue weighted by Crippen LogP contribution is 2.33. The number of allylic oxidation sites excluding steroid dienone is 1. The van der Waals surface area contributed by atoms with Crippen LogP contribution in [0.5, 0.6) is 0 Å². The molecule has 0 spiro atoms. The molecular formula is C11H11BrN2O3S. The third-order valence-electron chi connectivity index (χ3n) is 2.55. The van der Waals surface area contributed by atoms with Crippen molar-refractivity contribution in [2.24, 2.45) is 0 Å². The number of amides is 2. The van der Waals surface area contributed by atoms with Gasteiger partial charge in [0.25, 0.3) is 0 Å². The highest BCUT2D eigenvalue weighted by atomic mass is 79.9. The molecule has 0 saturated carbocycles. The van der Waals surface area contributed by atoms with Gasteiger partial charge in [-0.1, -0.05) is 0 Å². The number of hydrogen-bond donors (Lipinski definition) is 2. The van der Waals surface area contributed by atoms with E-state index in [1.54, 1.807) is 6.92 Å². The minimum atomic E-state index is -0.470. The van der Waals surface area contributed by atoms with E-state index in [1.807, 2.05) is 11.4 Å². The maximum Gasteiger partial charge on any atom is 0.338 e. The lowest BCUT2D eigenvalue weighted by atomic mass is 10.0. The Morgan fingerprint density at radius 1 is 1.56 bits per heavy atom. The van der Waals surface area contributed by atoms with Gasteiger partial charge in [0.05, 0.1) is 18.7 Å². The number of esters is 1. The lowest BCUT2D eigenvalue weighted by Crippen LogP contribution is -2.45. The first-order valence-electron chi connectivity index (χ1n) is 5.13. The predicted molar refractivity (Wildman–Crippen MR) is 71.1 cm³/mol. The Labute approximate surface area is 116 Å². The molecule has 2 rings (SSSR count). The molecule has 18 heavy (non-hydrogen) atoms. The smallest absolute Gasteiger partial charge is 0.338 e.